The Hall–Kier alpha value is -2.26. The number of rotatable bonds is 1. The number of aromatic nitrogens is 1. The Bertz CT molecular complexity index is 1090. The molecular weight excluding hydrogens is 474 g/mol. The number of fused-ring (bicyclic) bond motifs is 1. The molecule has 2 N–H and O–H groups in total. The highest BCUT2D eigenvalue weighted by Gasteiger charge is 2.42. The Morgan fingerprint density at radius 1 is 1.17 bits per heavy atom. The van der Waals surface area contributed by atoms with Gasteiger partial charge in [-0.2, -0.15) is 0 Å². The third kappa shape index (κ3) is 6.50. The summed E-state index contributed by atoms with van der Waals surface area (Å²) in [5, 5.41) is 22.0. The van der Waals surface area contributed by atoms with E-state index in [4.69, 9.17) is 25.5 Å². The fourth-order valence-electron chi connectivity index (χ4n) is 4.22. The molecule has 9 heteroatoms. The second-order valence-electron chi connectivity index (χ2n) is 9.74. The fourth-order valence-corrected chi connectivity index (χ4v) is 4.39. The highest BCUT2D eigenvalue weighted by molar-refractivity contribution is 6.29. The van der Waals surface area contributed by atoms with Gasteiger partial charge < -0.3 is 24.1 Å². The van der Waals surface area contributed by atoms with Crippen molar-refractivity contribution in [1.82, 2.24) is 4.98 Å². The van der Waals surface area contributed by atoms with Crippen LogP contribution in [0.1, 0.15) is 64.5 Å². The molecule has 35 heavy (non-hydrogen) atoms. The zero-order valence-electron chi connectivity index (χ0n) is 20.8. The van der Waals surface area contributed by atoms with Gasteiger partial charge in [0.1, 0.15) is 17.4 Å². The maximum atomic E-state index is 13.1. The maximum absolute atomic E-state index is 13.1. The van der Waals surface area contributed by atoms with Gasteiger partial charge in [0.2, 0.25) is 0 Å². The topological polar surface area (TPSA) is 119 Å². The summed E-state index contributed by atoms with van der Waals surface area (Å²) in [4.78, 5) is 30.3. The smallest absolute Gasteiger partial charge is 0.309 e. The van der Waals surface area contributed by atoms with E-state index in [2.05, 4.69) is 4.98 Å². The van der Waals surface area contributed by atoms with Crippen LogP contribution in [0.25, 0.3) is 11.1 Å². The molecule has 1 aliphatic rings. The van der Waals surface area contributed by atoms with E-state index >= 15 is 0 Å². The molecule has 1 aliphatic heterocycles. The molecule has 0 fully saturated rings. The molecule has 0 amide bonds. The van der Waals surface area contributed by atoms with Crippen molar-refractivity contribution in [3.63, 3.8) is 0 Å². The number of halogens is 1. The minimum atomic E-state index is -1.30. The minimum absolute atomic E-state index is 0.245. The quantitative estimate of drug-likeness (QED) is 0.545. The Kier molecular flexibility index (Phi) is 8.75. The van der Waals surface area contributed by atoms with E-state index in [9.17, 15) is 19.8 Å². The Labute approximate surface area is 210 Å². The Morgan fingerprint density at radius 3 is 2.60 bits per heavy atom. The van der Waals surface area contributed by atoms with E-state index in [1.165, 1.54) is 0 Å². The number of carbonyl (C=O) groups excluding carboxylic acids is 2. The normalized spacial score (nSPS) is 31.1. The summed E-state index contributed by atoms with van der Waals surface area (Å²) in [6, 6.07) is 5.35. The summed E-state index contributed by atoms with van der Waals surface area (Å²) in [5.74, 6) is -1.30. The third-order valence-corrected chi connectivity index (χ3v) is 7.02. The highest BCUT2D eigenvalue weighted by Crippen LogP contribution is 2.32. The van der Waals surface area contributed by atoms with Crippen LogP contribution in [0.2, 0.25) is 0 Å². The number of ether oxygens (including phenoxy) is 2. The molecule has 8 nitrogen and oxygen atoms in total. The molecule has 0 bridgehead atoms. The van der Waals surface area contributed by atoms with E-state index in [-0.39, 0.29) is 18.8 Å². The number of cyclic esters (lactones) is 1. The first-order chi connectivity index (χ1) is 16.4. The predicted molar refractivity (Wildman–Crippen MR) is 131 cm³/mol. The first kappa shape index (κ1) is 27.3. The van der Waals surface area contributed by atoms with Crippen LogP contribution >= 0.6 is 11.6 Å². The van der Waals surface area contributed by atoms with E-state index in [1.807, 2.05) is 0 Å². The van der Waals surface area contributed by atoms with Gasteiger partial charge in [0.15, 0.2) is 11.5 Å². The molecule has 0 unspecified atom stereocenters. The summed E-state index contributed by atoms with van der Waals surface area (Å²) in [5.41, 5.74) is 0.677. The number of nitrogens with zero attached hydrogens (tertiary/aromatic N) is 1. The Balaban J connectivity index is 1.91. The van der Waals surface area contributed by atoms with Crippen LogP contribution < -0.4 is 0 Å². The first-order valence-corrected chi connectivity index (χ1v) is 12.2. The van der Waals surface area contributed by atoms with Gasteiger partial charge in [0.25, 0.3) is 0 Å². The van der Waals surface area contributed by atoms with Gasteiger partial charge >= 0.3 is 5.97 Å². The van der Waals surface area contributed by atoms with Gasteiger partial charge in [-0.25, -0.2) is 4.98 Å². The molecule has 3 rings (SSSR count). The van der Waals surface area contributed by atoms with Crippen molar-refractivity contribution >= 4 is 34.5 Å². The maximum Gasteiger partial charge on any atom is 0.309 e. The molecule has 0 saturated heterocycles. The summed E-state index contributed by atoms with van der Waals surface area (Å²) >= 11 is 6.39. The lowest BCUT2D eigenvalue weighted by Gasteiger charge is -2.34. The van der Waals surface area contributed by atoms with Crippen molar-refractivity contribution in [3.05, 3.63) is 40.8 Å². The van der Waals surface area contributed by atoms with Gasteiger partial charge in [-0.15, -0.1) is 0 Å². The van der Waals surface area contributed by atoms with Crippen molar-refractivity contribution in [1.29, 1.82) is 0 Å². The zero-order chi connectivity index (χ0) is 25.9. The molecule has 0 aliphatic carbocycles. The molecular formula is C26H34ClNO7. The number of carbonyl (C=O) groups is 2. The van der Waals surface area contributed by atoms with E-state index in [1.54, 1.807) is 58.9 Å². The van der Waals surface area contributed by atoms with E-state index < -0.39 is 41.7 Å². The molecule has 5 atom stereocenters. The lowest BCUT2D eigenvalue weighted by Crippen LogP contribution is -2.47. The van der Waals surface area contributed by atoms with Crippen LogP contribution in [0.15, 0.2) is 33.7 Å². The van der Waals surface area contributed by atoms with E-state index in [0.29, 0.717) is 40.4 Å². The SMILES string of the molecule is Cc1nc2cc([C@@H]3C/C=C(/Cl)CCO[C@@H](C)[C@@H](O)[C@@H](C)C(=O)C(C)(C)[C@@H](O)CC(=O)O3)ccc2o1. The van der Waals surface area contributed by atoms with Gasteiger partial charge in [0.05, 0.1) is 36.8 Å². The van der Waals surface area contributed by atoms with Gasteiger partial charge in [-0.3, -0.25) is 9.59 Å². The fraction of sp³-hybridized carbons (Fsp3) is 0.577. The number of aliphatic hydroxyl groups excluding tert-OH is 2. The average Bonchev–Trinajstić information content (AvgIpc) is 3.18. The minimum Gasteiger partial charge on any atom is -0.457 e. The predicted octanol–water partition coefficient (Wildman–Crippen LogP) is 4.39. The molecule has 0 saturated carbocycles. The number of oxazole rings is 1. The van der Waals surface area contributed by atoms with Crippen molar-refractivity contribution in [2.24, 2.45) is 11.3 Å². The number of aryl methyl sites for hydroxylation is 1. The first-order valence-electron chi connectivity index (χ1n) is 11.8. The Morgan fingerprint density at radius 2 is 1.89 bits per heavy atom. The van der Waals surface area contributed by atoms with Crippen molar-refractivity contribution in [2.45, 2.75) is 78.3 Å². The molecule has 0 radical (unpaired) electrons. The lowest BCUT2D eigenvalue weighted by atomic mass is 9.74. The van der Waals surface area contributed by atoms with Crippen molar-refractivity contribution in [2.75, 3.05) is 6.61 Å². The summed E-state index contributed by atoms with van der Waals surface area (Å²) < 4.78 is 17.0. The number of benzene rings is 1. The van der Waals surface area contributed by atoms with E-state index in [0.717, 1.165) is 0 Å². The number of hydrogen-bond acceptors (Lipinski definition) is 8. The zero-order valence-corrected chi connectivity index (χ0v) is 21.5. The molecule has 2 heterocycles. The number of ketones is 1. The van der Waals surface area contributed by atoms with Gasteiger partial charge in [0, 0.05) is 30.7 Å². The number of esters is 1. The summed E-state index contributed by atoms with van der Waals surface area (Å²) in [7, 11) is 0. The van der Waals surface area contributed by atoms with Crippen LogP contribution in [-0.2, 0) is 19.1 Å². The van der Waals surface area contributed by atoms with Crippen LogP contribution in [0.3, 0.4) is 0 Å². The van der Waals surface area contributed by atoms with Crippen LogP contribution in [0.4, 0.5) is 0 Å². The van der Waals surface area contributed by atoms with Crippen molar-refractivity contribution in [3.8, 4) is 0 Å². The summed E-state index contributed by atoms with van der Waals surface area (Å²) in [6.07, 6.45) is -1.61. The molecule has 1 aromatic carbocycles. The molecule has 1 aromatic heterocycles. The summed E-state index contributed by atoms with van der Waals surface area (Å²) in [6.45, 7) is 8.40. The van der Waals surface area contributed by atoms with Crippen LogP contribution in [-0.4, -0.2) is 51.9 Å². The third-order valence-electron chi connectivity index (χ3n) is 6.67. The molecule has 192 valence electrons. The second kappa shape index (κ2) is 11.2. The number of aliphatic hydroxyl groups is 2. The van der Waals surface area contributed by atoms with Gasteiger partial charge in [-0.05, 0) is 24.6 Å². The highest BCUT2D eigenvalue weighted by atomic mass is 35.5. The standard InChI is InChI=1S/C26H34ClNO7/c1-14-24(31)15(2)33-11-10-18(27)7-9-20(17-6-8-21-19(12-17)28-16(3)34-21)35-23(30)13-22(29)26(4,5)25(14)32/h6-8,12,14-15,20,22,24,29,31H,9-11,13H2,1-5H3/b18-7+/t14-,15+,20+,22+,24+/m1/s1. The van der Waals surface area contributed by atoms with Crippen LogP contribution in [0, 0.1) is 18.3 Å². The van der Waals surface area contributed by atoms with Gasteiger partial charge in [-0.1, -0.05) is 44.5 Å². The van der Waals surface area contributed by atoms with Crippen LogP contribution in [0.5, 0.6) is 0 Å². The lowest BCUT2D eigenvalue weighted by molar-refractivity contribution is -0.156. The largest absolute Gasteiger partial charge is 0.457 e. The number of Topliss-reactive ketones (excluding diaryl/α,β-unsaturated/α-hetero) is 1. The second-order valence-corrected chi connectivity index (χ2v) is 10.2. The molecule has 0 spiro atoms. The average molecular weight is 508 g/mol. The number of hydrogen-bond donors (Lipinski definition) is 2. The monoisotopic (exact) mass is 507 g/mol. The molecule has 2 aromatic rings. The van der Waals surface area contributed by atoms with Crippen molar-refractivity contribution < 1.29 is 33.7 Å².